The van der Waals surface area contributed by atoms with E-state index in [1.165, 1.54) is 16.8 Å². The molecule has 0 aliphatic carbocycles. The van der Waals surface area contributed by atoms with E-state index < -0.39 is 0 Å². The third-order valence-corrected chi connectivity index (χ3v) is 5.70. The van der Waals surface area contributed by atoms with Crippen LogP contribution in [0.3, 0.4) is 0 Å². The number of ether oxygens (including phenoxy) is 1. The lowest BCUT2D eigenvalue weighted by molar-refractivity contribution is -0.00521. The first-order valence-corrected chi connectivity index (χ1v) is 9.86. The predicted octanol–water partition coefficient (Wildman–Crippen LogP) is 4.37. The Morgan fingerprint density at radius 2 is 1.52 bits per heavy atom. The summed E-state index contributed by atoms with van der Waals surface area (Å²) < 4.78 is 5.83. The summed E-state index contributed by atoms with van der Waals surface area (Å²) in [4.78, 5) is 17.4. The van der Waals surface area contributed by atoms with E-state index >= 15 is 0 Å². The van der Waals surface area contributed by atoms with Gasteiger partial charge in [0, 0.05) is 42.5 Å². The van der Waals surface area contributed by atoms with Gasteiger partial charge in [-0.05, 0) is 62.2 Å². The highest BCUT2D eigenvalue weighted by atomic mass is 16.5. The second-order valence-corrected chi connectivity index (χ2v) is 8.03. The minimum atomic E-state index is 0.105. The van der Waals surface area contributed by atoms with Gasteiger partial charge in [-0.1, -0.05) is 19.1 Å². The number of hydrogen-bond donors (Lipinski definition) is 0. The largest absolute Gasteiger partial charge is 0.372 e. The molecule has 0 spiro atoms. The number of morpholine rings is 1. The molecule has 4 rings (SSSR count). The van der Waals surface area contributed by atoms with E-state index in [2.05, 4.69) is 62.9 Å². The number of nitrogens with zero attached hydrogens (tertiary/aromatic N) is 2. The van der Waals surface area contributed by atoms with Crippen LogP contribution >= 0.6 is 0 Å². The Bertz CT molecular complexity index is 836. The van der Waals surface area contributed by atoms with Crippen molar-refractivity contribution >= 4 is 17.3 Å². The van der Waals surface area contributed by atoms with Crippen molar-refractivity contribution in [1.82, 2.24) is 0 Å². The number of benzene rings is 2. The molecule has 3 atom stereocenters. The van der Waals surface area contributed by atoms with Crippen molar-refractivity contribution in [2.45, 2.75) is 45.8 Å². The van der Waals surface area contributed by atoms with Crippen LogP contribution in [0, 0.1) is 6.92 Å². The molecule has 1 saturated heterocycles. The number of rotatable bonds is 2. The maximum absolute atomic E-state index is 13.1. The third-order valence-electron chi connectivity index (χ3n) is 5.70. The van der Waals surface area contributed by atoms with Crippen molar-refractivity contribution in [3.05, 3.63) is 59.2 Å². The Kier molecular flexibility index (Phi) is 4.68. The van der Waals surface area contributed by atoms with Gasteiger partial charge in [-0.15, -0.1) is 0 Å². The number of hydrogen-bond acceptors (Lipinski definition) is 3. The van der Waals surface area contributed by atoms with E-state index in [9.17, 15) is 4.79 Å². The van der Waals surface area contributed by atoms with Gasteiger partial charge in [0.1, 0.15) is 0 Å². The van der Waals surface area contributed by atoms with Crippen LogP contribution < -0.4 is 9.80 Å². The van der Waals surface area contributed by atoms with Crippen LogP contribution in [0.1, 0.15) is 48.2 Å². The molecule has 27 heavy (non-hydrogen) atoms. The van der Waals surface area contributed by atoms with Crippen molar-refractivity contribution in [1.29, 1.82) is 0 Å². The SMILES string of the molecule is Cc1cccc2c1C(C)CN(c1ccc(N3C[C@@H](C)O[C@@H](C)C3)cc1)C2=O. The van der Waals surface area contributed by atoms with Gasteiger partial charge < -0.3 is 14.5 Å². The highest BCUT2D eigenvalue weighted by Gasteiger charge is 2.31. The zero-order chi connectivity index (χ0) is 19.1. The fourth-order valence-corrected chi connectivity index (χ4v) is 4.57. The van der Waals surface area contributed by atoms with Crippen LogP contribution in [0.2, 0.25) is 0 Å². The third kappa shape index (κ3) is 3.34. The van der Waals surface area contributed by atoms with Gasteiger partial charge in [0.15, 0.2) is 0 Å². The van der Waals surface area contributed by atoms with E-state index in [-0.39, 0.29) is 18.1 Å². The Balaban J connectivity index is 1.58. The minimum Gasteiger partial charge on any atom is -0.372 e. The molecule has 0 saturated carbocycles. The van der Waals surface area contributed by atoms with Crippen LogP contribution in [-0.2, 0) is 4.74 Å². The summed E-state index contributed by atoms with van der Waals surface area (Å²) in [7, 11) is 0. The maximum Gasteiger partial charge on any atom is 0.258 e. The molecular formula is C23H28N2O2. The maximum atomic E-state index is 13.1. The highest BCUT2D eigenvalue weighted by molar-refractivity contribution is 6.08. The summed E-state index contributed by atoms with van der Waals surface area (Å²) in [6, 6.07) is 14.4. The van der Waals surface area contributed by atoms with Crippen molar-refractivity contribution in [3.63, 3.8) is 0 Å². The van der Waals surface area contributed by atoms with Crippen LogP contribution in [0.15, 0.2) is 42.5 Å². The Labute approximate surface area is 161 Å². The second-order valence-electron chi connectivity index (χ2n) is 8.03. The van der Waals surface area contributed by atoms with Crippen molar-refractivity contribution in [3.8, 4) is 0 Å². The molecule has 2 aliphatic heterocycles. The van der Waals surface area contributed by atoms with Crippen LogP contribution in [0.5, 0.6) is 0 Å². The molecule has 0 radical (unpaired) electrons. The molecule has 1 unspecified atom stereocenters. The van der Waals surface area contributed by atoms with Crippen LogP contribution in [0.4, 0.5) is 11.4 Å². The predicted molar refractivity (Wildman–Crippen MR) is 110 cm³/mol. The first-order chi connectivity index (χ1) is 12.9. The van der Waals surface area contributed by atoms with E-state index in [1.54, 1.807) is 0 Å². The van der Waals surface area contributed by atoms with Gasteiger partial charge in [-0.2, -0.15) is 0 Å². The normalized spacial score (nSPS) is 25.5. The molecule has 0 bridgehead atoms. The molecular weight excluding hydrogens is 336 g/mol. The number of amides is 1. The summed E-state index contributed by atoms with van der Waals surface area (Å²) in [5, 5.41) is 0. The van der Waals surface area contributed by atoms with E-state index in [0.717, 1.165) is 30.9 Å². The average Bonchev–Trinajstić information content (AvgIpc) is 2.64. The fourth-order valence-electron chi connectivity index (χ4n) is 4.57. The molecule has 1 fully saturated rings. The highest BCUT2D eigenvalue weighted by Crippen LogP contribution is 2.34. The zero-order valence-electron chi connectivity index (χ0n) is 16.6. The average molecular weight is 364 g/mol. The number of aryl methyl sites for hydroxylation is 1. The van der Waals surface area contributed by atoms with E-state index in [0.29, 0.717) is 5.92 Å². The summed E-state index contributed by atoms with van der Waals surface area (Å²) >= 11 is 0. The number of fused-ring (bicyclic) bond motifs is 1. The lowest BCUT2D eigenvalue weighted by Crippen LogP contribution is -2.45. The van der Waals surface area contributed by atoms with Gasteiger partial charge in [-0.25, -0.2) is 0 Å². The quantitative estimate of drug-likeness (QED) is 0.793. The number of carbonyl (C=O) groups is 1. The summed E-state index contributed by atoms with van der Waals surface area (Å²) in [6.45, 7) is 11.1. The standard InChI is InChI=1S/C23H28N2O2/c1-15-6-5-7-21-22(15)16(2)12-25(23(21)26)20-10-8-19(9-11-20)24-13-17(3)27-18(4)14-24/h5-11,16-18H,12-14H2,1-4H3/t16?,17-,18+. The molecule has 4 heteroatoms. The lowest BCUT2D eigenvalue weighted by atomic mass is 9.87. The Hall–Kier alpha value is -2.33. The first kappa shape index (κ1) is 18.1. The number of carbonyl (C=O) groups excluding carboxylic acids is 1. The van der Waals surface area contributed by atoms with Gasteiger partial charge in [0.2, 0.25) is 0 Å². The number of anilines is 2. The fraction of sp³-hybridized carbons (Fsp3) is 0.435. The van der Waals surface area contributed by atoms with Crippen LogP contribution in [-0.4, -0.2) is 37.7 Å². The summed E-state index contributed by atoms with van der Waals surface area (Å²) in [6.07, 6.45) is 0.468. The Morgan fingerprint density at radius 1 is 0.889 bits per heavy atom. The summed E-state index contributed by atoms with van der Waals surface area (Å²) in [5.74, 6) is 0.438. The van der Waals surface area contributed by atoms with Gasteiger partial charge >= 0.3 is 0 Å². The molecule has 0 aromatic heterocycles. The Morgan fingerprint density at radius 3 is 2.19 bits per heavy atom. The molecule has 142 valence electrons. The molecule has 4 nitrogen and oxygen atoms in total. The van der Waals surface area contributed by atoms with Crippen LogP contribution in [0.25, 0.3) is 0 Å². The van der Waals surface area contributed by atoms with Crippen molar-refractivity contribution in [2.24, 2.45) is 0 Å². The molecule has 2 heterocycles. The smallest absolute Gasteiger partial charge is 0.258 e. The monoisotopic (exact) mass is 364 g/mol. The molecule has 2 aromatic rings. The van der Waals surface area contributed by atoms with Crippen molar-refractivity contribution < 1.29 is 9.53 Å². The van der Waals surface area contributed by atoms with Gasteiger partial charge in [0.05, 0.1) is 12.2 Å². The van der Waals surface area contributed by atoms with Gasteiger partial charge in [-0.3, -0.25) is 4.79 Å². The van der Waals surface area contributed by atoms with E-state index in [1.807, 2.05) is 17.0 Å². The molecule has 1 amide bonds. The minimum absolute atomic E-state index is 0.105. The second kappa shape index (κ2) is 7.01. The first-order valence-electron chi connectivity index (χ1n) is 9.86. The molecule has 2 aromatic carbocycles. The lowest BCUT2D eigenvalue weighted by Gasteiger charge is -2.37. The summed E-state index contributed by atoms with van der Waals surface area (Å²) in [5.41, 5.74) is 5.41. The molecule has 0 N–H and O–H groups in total. The van der Waals surface area contributed by atoms with Gasteiger partial charge in [0.25, 0.3) is 5.91 Å². The topological polar surface area (TPSA) is 32.8 Å². The van der Waals surface area contributed by atoms with E-state index in [4.69, 9.17) is 4.74 Å². The molecule has 2 aliphatic rings. The zero-order valence-corrected chi connectivity index (χ0v) is 16.6. The van der Waals surface area contributed by atoms with Crippen molar-refractivity contribution in [2.75, 3.05) is 29.4 Å².